The van der Waals surface area contributed by atoms with Crippen molar-refractivity contribution < 1.29 is 19.0 Å². The normalized spacial score (nSPS) is 16.7. The number of hydrogen-bond donors (Lipinski definition) is 2. The molecule has 2 N–H and O–H groups in total. The van der Waals surface area contributed by atoms with Crippen LogP contribution in [-0.2, 0) is 0 Å². The Morgan fingerprint density at radius 3 is 2.55 bits per heavy atom. The molecule has 0 amide bonds. The van der Waals surface area contributed by atoms with Crippen molar-refractivity contribution >= 4 is 23.1 Å². The molecule has 2 heterocycles. The van der Waals surface area contributed by atoms with Crippen LogP contribution < -0.4 is 14.8 Å². The summed E-state index contributed by atoms with van der Waals surface area (Å²) in [6.45, 7) is 8.10. The van der Waals surface area contributed by atoms with Gasteiger partial charge in [-0.3, -0.25) is 0 Å². The Balaban J connectivity index is 1.83. The molecule has 0 aliphatic carbocycles. The lowest BCUT2D eigenvalue weighted by Crippen LogP contribution is -2.32. The highest BCUT2D eigenvalue weighted by Crippen LogP contribution is 2.54. The van der Waals surface area contributed by atoms with Crippen LogP contribution in [-0.4, -0.2) is 17.8 Å². The lowest BCUT2D eigenvalue weighted by Gasteiger charge is -2.35. The van der Waals surface area contributed by atoms with E-state index in [1.165, 1.54) is 13.2 Å². The Labute approximate surface area is 193 Å². The van der Waals surface area contributed by atoms with Crippen molar-refractivity contribution in [2.24, 2.45) is 0 Å². The number of fused-ring (bicyclic) bond motifs is 5. The molecule has 0 saturated carbocycles. The number of methoxy groups -OCH3 is 1. The number of halogens is 1. The van der Waals surface area contributed by atoms with E-state index in [1.54, 1.807) is 31.2 Å². The van der Waals surface area contributed by atoms with Gasteiger partial charge in [0.2, 0.25) is 0 Å². The highest BCUT2D eigenvalue weighted by Gasteiger charge is 2.33. The smallest absolute Gasteiger partial charge is 0.172 e. The molecule has 5 rings (SSSR count). The second-order valence-corrected chi connectivity index (χ2v) is 9.20. The summed E-state index contributed by atoms with van der Waals surface area (Å²) >= 11 is 0. The van der Waals surface area contributed by atoms with Gasteiger partial charge >= 0.3 is 0 Å². The largest absolute Gasteiger partial charge is 0.504 e. The molecule has 0 saturated heterocycles. The standard InChI is InChI=1S/C28H26FNO3/c1-15-12-17(6-8-19(15)29)13-23-25-18(26-22(33-23)11-10-21(31)27(26)32-5)7-9-20-24(25)16(2)14-28(3,4)30-20/h6-14,30-31H,1-5H3. The molecule has 0 aromatic heterocycles. The number of benzene rings is 3. The van der Waals surface area contributed by atoms with E-state index in [1.807, 2.05) is 12.1 Å². The zero-order valence-corrected chi connectivity index (χ0v) is 19.3. The molecule has 2 aliphatic heterocycles. The van der Waals surface area contributed by atoms with E-state index in [0.717, 1.165) is 33.5 Å². The highest BCUT2D eigenvalue weighted by molar-refractivity contribution is 6.02. The van der Waals surface area contributed by atoms with Crippen molar-refractivity contribution in [3.05, 3.63) is 76.6 Å². The summed E-state index contributed by atoms with van der Waals surface area (Å²) in [5.41, 5.74) is 6.91. The molecule has 0 atom stereocenters. The number of aryl methyl sites for hydroxylation is 1. The molecule has 4 nitrogen and oxygen atoms in total. The number of nitrogens with one attached hydrogen (secondary N) is 1. The maximum Gasteiger partial charge on any atom is 0.172 e. The maximum absolute atomic E-state index is 13.9. The summed E-state index contributed by atoms with van der Waals surface area (Å²) in [4.78, 5) is 0. The number of anilines is 1. The fourth-order valence-electron chi connectivity index (χ4n) is 4.86. The molecule has 0 unspecified atom stereocenters. The number of hydrogen-bond acceptors (Lipinski definition) is 4. The van der Waals surface area contributed by atoms with Crippen LogP contribution in [0.4, 0.5) is 10.1 Å². The third-order valence-electron chi connectivity index (χ3n) is 6.15. The molecular weight excluding hydrogens is 417 g/mol. The first-order chi connectivity index (χ1) is 15.7. The Morgan fingerprint density at radius 2 is 1.82 bits per heavy atom. The van der Waals surface area contributed by atoms with Gasteiger partial charge in [-0.15, -0.1) is 0 Å². The fourth-order valence-corrected chi connectivity index (χ4v) is 4.86. The van der Waals surface area contributed by atoms with Crippen LogP contribution in [0.25, 0.3) is 28.5 Å². The van der Waals surface area contributed by atoms with Gasteiger partial charge in [0, 0.05) is 22.4 Å². The van der Waals surface area contributed by atoms with Crippen LogP contribution in [0.3, 0.4) is 0 Å². The Hall–Kier alpha value is -3.73. The SMILES string of the molecule is COc1c(O)ccc2c1-c1ccc3c(c1C(=Cc1ccc(F)c(C)c1)O2)C(C)=CC(C)(C)N3. The minimum Gasteiger partial charge on any atom is -0.504 e. The van der Waals surface area contributed by atoms with Gasteiger partial charge in [0.25, 0.3) is 0 Å². The van der Waals surface area contributed by atoms with Gasteiger partial charge in [0.15, 0.2) is 11.5 Å². The fraction of sp³-hybridized carbons (Fsp3) is 0.214. The minimum absolute atomic E-state index is 0.0524. The van der Waals surface area contributed by atoms with Crippen molar-refractivity contribution in [2.75, 3.05) is 12.4 Å². The van der Waals surface area contributed by atoms with E-state index in [9.17, 15) is 9.50 Å². The third-order valence-corrected chi connectivity index (χ3v) is 6.15. The molecule has 0 fully saturated rings. The Morgan fingerprint density at radius 1 is 1.03 bits per heavy atom. The number of phenolic OH excluding ortho intramolecular Hbond substituents is 1. The van der Waals surface area contributed by atoms with E-state index in [4.69, 9.17) is 9.47 Å². The highest BCUT2D eigenvalue weighted by atomic mass is 19.1. The average Bonchev–Trinajstić information content (AvgIpc) is 2.75. The van der Waals surface area contributed by atoms with Crippen LogP contribution in [0, 0.1) is 12.7 Å². The first-order valence-electron chi connectivity index (χ1n) is 10.9. The molecule has 168 valence electrons. The third kappa shape index (κ3) is 3.44. The molecule has 0 spiro atoms. The van der Waals surface area contributed by atoms with Crippen molar-refractivity contribution in [1.29, 1.82) is 0 Å². The molecular formula is C28H26FNO3. The van der Waals surface area contributed by atoms with Gasteiger partial charge in [-0.05, 0) is 80.8 Å². The van der Waals surface area contributed by atoms with Gasteiger partial charge in [-0.25, -0.2) is 4.39 Å². The van der Waals surface area contributed by atoms with Crippen molar-refractivity contribution in [3.63, 3.8) is 0 Å². The molecule has 5 heteroatoms. The second-order valence-electron chi connectivity index (χ2n) is 9.20. The average molecular weight is 444 g/mol. The minimum atomic E-state index is -0.241. The molecule has 3 aromatic carbocycles. The van der Waals surface area contributed by atoms with Crippen LogP contribution in [0.1, 0.15) is 43.0 Å². The number of aromatic hydroxyl groups is 1. The number of phenols is 1. The summed E-state index contributed by atoms with van der Waals surface area (Å²) in [7, 11) is 1.54. The number of ether oxygens (including phenoxy) is 2. The predicted octanol–water partition coefficient (Wildman–Crippen LogP) is 7.01. The lowest BCUT2D eigenvalue weighted by atomic mass is 9.82. The summed E-state index contributed by atoms with van der Waals surface area (Å²) in [5, 5.41) is 14.0. The quantitative estimate of drug-likeness (QED) is 0.447. The molecule has 33 heavy (non-hydrogen) atoms. The molecule has 0 radical (unpaired) electrons. The summed E-state index contributed by atoms with van der Waals surface area (Å²) in [6, 6.07) is 12.4. The van der Waals surface area contributed by atoms with Crippen molar-refractivity contribution in [2.45, 2.75) is 33.2 Å². The van der Waals surface area contributed by atoms with Crippen LogP contribution in [0.2, 0.25) is 0 Å². The monoisotopic (exact) mass is 443 g/mol. The second kappa shape index (κ2) is 7.41. The van der Waals surface area contributed by atoms with E-state index in [0.29, 0.717) is 28.4 Å². The van der Waals surface area contributed by atoms with Crippen molar-refractivity contribution in [1.82, 2.24) is 0 Å². The number of allylic oxidation sites excluding steroid dienone is 1. The van der Waals surface area contributed by atoms with Gasteiger partial charge in [0.1, 0.15) is 17.3 Å². The van der Waals surface area contributed by atoms with E-state index < -0.39 is 0 Å². The Kier molecular flexibility index (Phi) is 4.74. The van der Waals surface area contributed by atoms with Crippen LogP contribution >= 0.6 is 0 Å². The zero-order chi connectivity index (χ0) is 23.5. The van der Waals surface area contributed by atoms with Gasteiger partial charge in [-0.2, -0.15) is 0 Å². The lowest BCUT2D eigenvalue weighted by molar-refractivity contribution is 0.371. The first kappa shape index (κ1) is 21.1. The number of rotatable bonds is 2. The van der Waals surface area contributed by atoms with Crippen LogP contribution in [0.5, 0.6) is 17.2 Å². The zero-order valence-electron chi connectivity index (χ0n) is 19.3. The summed E-state index contributed by atoms with van der Waals surface area (Å²) in [6.07, 6.45) is 4.13. The van der Waals surface area contributed by atoms with Gasteiger partial charge < -0.3 is 19.9 Å². The van der Waals surface area contributed by atoms with E-state index in [2.05, 4.69) is 38.2 Å². The molecule has 3 aromatic rings. The summed E-state index contributed by atoms with van der Waals surface area (Å²) in [5.74, 6) is 1.43. The van der Waals surface area contributed by atoms with Gasteiger partial charge in [0.05, 0.1) is 18.2 Å². The molecule has 2 aliphatic rings. The van der Waals surface area contributed by atoms with E-state index >= 15 is 0 Å². The van der Waals surface area contributed by atoms with Gasteiger partial charge in [-0.1, -0.05) is 18.2 Å². The Bertz CT molecular complexity index is 1370. The summed E-state index contributed by atoms with van der Waals surface area (Å²) < 4.78 is 25.9. The van der Waals surface area contributed by atoms with Crippen LogP contribution in [0.15, 0.2) is 48.5 Å². The topological polar surface area (TPSA) is 50.7 Å². The maximum atomic E-state index is 13.9. The van der Waals surface area contributed by atoms with E-state index in [-0.39, 0.29) is 17.1 Å². The molecule has 0 bridgehead atoms. The first-order valence-corrected chi connectivity index (χ1v) is 10.9. The van der Waals surface area contributed by atoms with Crippen molar-refractivity contribution in [3.8, 4) is 28.4 Å². The predicted molar refractivity (Wildman–Crippen MR) is 131 cm³/mol.